The Balaban J connectivity index is 1.69. The minimum absolute atomic E-state index is 0.0151. The lowest BCUT2D eigenvalue weighted by Crippen LogP contribution is -2.42. The van der Waals surface area contributed by atoms with Crippen molar-refractivity contribution in [2.24, 2.45) is 0 Å². The van der Waals surface area contributed by atoms with Crippen LogP contribution < -0.4 is 9.47 Å². The fourth-order valence-electron chi connectivity index (χ4n) is 4.44. The zero-order valence-electron chi connectivity index (χ0n) is 20.4. The average Bonchev–Trinajstić information content (AvgIpc) is 3.12. The molecule has 1 unspecified atom stereocenters. The van der Waals surface area contributed by atoms with Crippen molar-refractivity contribution >= 4 is 17.4 Å². The van der Waals surface area contributed by atoms with Crippen LogP contribution in [-0.2, 0) is 14.3 Å². The van der Waals surface area contributed by atoms with Gasteiger partial charge in [-0.3, -0.25) is 14.5 Å². The molecule has 2 aliphatic heterocycles. The monoisotopic (exact) mass is 480 g/mol. The van der Waals surface area contributed by atoms with Gasteiger partial charge in [0.2, 0.25) is 0 Å². The number of rotatable bonds is 8. The van der Waals surface area contributed by atoms with Gasteiger partial charge in [0.25, 0.3) is 11.7 Å². The van der Waals surface area contributed by atoms with Gasteiger partial charge in [0.1, 0.15) is 17.3 Å². The van der Waals surface area contributed by atoms with Crippen molar-refractivity contribution in [3.05, 3.63) is 65.2 Å². The van der Waals surface area contributed by atoms with Gasteiger partial charge in [-0.25, -0.2) is 0 Å². The van der Waals surface area contributed by atoms with Crippen LogP contribution in [0.25, 0.3) is 5.76 Å². The number of amides is 1. The number of aliphatic hydroxyl groups excluding tert-OH is 1. The van der Waals surface area contributed by atoms with Crippen LogP contribution in [0.4, 0.5) is 0 Å². The Morgan fingerprint density at radius 3 is 2.23 bits per heavy atom. The molecular formula is C27H32N2O6. The molecule has 2 saturated heterocycles. The van der Waals surface area contributed by atoms with E-state index in [0.717, 1.165) is 18.7 Å². The van der Waals surface area contributed by atoms with E-state index in [0.29, 0.717) is 43.4 Å². The van der Waals surface area contributed by atoms with E-state index in [1.165, 1.54) is 0 Å². The van der Waals surface area contributed by atoms with Gasteiger partial charge in [-0.2, -0.15) is 0 Å². The normalized spacial score (nSPS) is 20.5. The number of benzene rings is 2. The van der Waals surface area contributed by atoms with Crippen LogP contribution in [0.2, 0.25) is 0 Å². The van der Waals surface area contributed by atoms with Gasteiger partial charge in [-0.15, -0.1) is 0 Å². The number of nitrogens with zero attached hydrogens (tertiary/aromatic N) is 2. The molecular weight excluding hydrogens is 448 g/mol. The Labute approximate surface area is 205 Å². The Morgan fingerprint density at radius 1 is 1.00 bits per heavy atom. The highest BCUT2D eigenvalue weighted by molar-refractivity contribution is 6.46. The number of aliphatic hydroxyl groups is 1. The largest absolute Gasteiger partial charge is 0.507 e. The maximum Gasteiger partial charge on any atom is 0.295 e. The molecule has 2 heterocycles. The van der Waals surface area contributed by atoms with Crippen LogP contribution in [0.3, 0.4) is 0 Å². The topological polar surface area (TPSA) is 88.5 Å². The molecule has 1 amide bonds. The van der Waals surface area contributed by atoms with Crippen LogP contribution >= 0.6 is 0 Å². The lowest BCUT2D eigenvalue weighted by atomic mass is 9.95. The molecule has 0 radical (unpaired) electrons. The molecule has 1 N–H and O–H groups in total. The number of carbonyl (C=O) groups excluding carboxylic acids is 2. The van der Waals surface area contributed by atoms with E-state index in [9.17, 15) is 14.7 Å². The van der Waals surface area contributed by atoms with Crippen molar-refractivity contribution in [2.75, 3.05) is 46.5 Å². The second kappa shape index (κ2) is 10.9. The summed E-state index contributed by atoms with van der Waals surface area (Å²) in [6, 6.07) is 13.4. The van der Waals surface area contributed by atoms with E-state index in [4.69, 9.17) is 14.2 Å². The van der Waals surface area contributed by atoms with Crippen molar-refractivity contribution in [2.45, 2.75) is 26.0 Å². The van der Waals surface area contributed by atoms with Crippen molar-refractivity contribution in [1.82, 2.24) is 9.80 Å². The predicted molar refractivity (Wildman–Crippen MR) is 131 cm³/mol. The molecule has 2 aromatic carbocycles. The summed E-state index contributed by atoms with van der Waals surface area (Å²) in [5.74, 6) is -0.170. The van der Waals surface area contributed by atoms with E-state index in [-0.39, 0.29) is 17.4 Å². The standard InChI is InChI=1S/C27H32N2O6/c1-18(2)35-22-10-6-20(7-11-22)25(30)23-24(19-4-8-21(33-3)9-5-19)29(27(32)26(23)31)13-12-28-14-16-34-17-15-28/h4-11,18,24,30H,12-17H2,1-3H3. The first-order valence-corrected chi connectivity index (χ1v) is 11.9. The minimum Gasteiger partial charge on any atom is -0.507 e. The van der Waals surface area contributed by atoms with Gasteiger partial charge >= 0.3 is 0 Å². The third kappa shape index (κ3) is 5.49. The average molecular weight is 481 g/mol. The molecule has 8 heteroatoms. The van der Waals surface area contributed by atoms with Gasteiger partial charge in [-0.1, -0.05) is 12.1 Å². The van der Waals surface area contributed by atoms with Crippen LogP contribution in [0, 0.1) is 0 Å². The van der Waals surface area contributed by atoms with Crippen molar-refractivity contribution in [1.29, 1.82) is 0 Å². The van der Waals surface area contributed by atoms with Crippen LogP contribution in [0.15, 0.2) is 54.1 Å². The molecule has 0 aliphatic carbocycles. The number of carbonyl (C=O) groups is 2. The summed E-state index contributed by atoms with van der Waals surface area (Å²) in [5, 5.41) is 11.2. The van der Waals surface area contributed by atoms with Crippen molar-refractivity contribution < 1.29 is 28.9 Å². The highest BCUT2D eigenvalue weighted by atomic mass is 16.5. The Bertz CT molecular complexity index is 1070. The molecule has 1 atom stereocenters. The molecule has 186 valence electrons. The second-order valence-electron chi connectivity index (χ2n) is 8.91. The quantitative estimate of drug-likeness (QED) is 0.353. The molecule has 0 aromatic heterocycles. The van der Waals surface area contributed by atoms with Gasteiger partial charge in [-0.05, 0) is 55.8 Å². The van der Waals surface area contributed by atoms with E-state index < -0.39 is 17.7 Å². The van der Waals surface area contributed by atoms with Crippen LogP contribution in [-0.4, -0.2) is 79.2 Å². The number of Topliss-reactive ketones (excluding diaryl/α,β-unsaturated/α-hetero) is 1. The number of methoxy groups -OCH3 is 1. The summed E-state index contributed by atoms with van der Waals surface area (Å²) in [4.78, 5) is 30.1. The zero-order chi connectivity index (χ0) is 24.9. The fourth-order valence-corrected chi connectivity index (χ4v) is 4.44. The number of morpholine rings is 1. The summed E-state index contributed by atoms with van der Waals surface area (Å²) in [6.45, 7) is 7.70. The molecule has 0 bridgehead atoms. The lowest BCUT2D eigenvalue weighted by Gasteiger charge is -2.31. The number of hydrogen-bond acceptors (Lipinski definition) is 7. The smallest absolute Gasteiger partial charge is 0.295 e. The highest BCUT2D eigenvalue weighted by Gasteiger charge is 2.46. The molecule has 2 aromatic rings. The Kier molecular flexibility index (Phi) is 7.73. The first-order chi connectivity index (χ1) is 16.9. The third-order valence-electron chi connectivity index (χ3n) is 6.23. The van der Waals surface area contributed by atoms with Gasteiger partial charge < -0.3 is 24.2 Å². The highest BCUT2D eigenvalue weighted by Crippen LogP contribution is 2.40. The van der Waals surface area contributed by atoms with E-state index >= 15 is 0 Å². The first-order valence-electron chi connectivity index (χ1n) is 11.9. The van der Waals surface area contributed by atoms with Gasteiger partial charge in [0.15, 0.2) is 0 Å². The van der Waals surface area contributed by atoms with Crippen LogP contribution in [0.1, 0.15) is 31.0 Å². The number of ether oxygens (including phenoxy) is 3. The molecule has 0 saturated carbocycles. The van der Waals surface area contributed by atoms with E-state index in [1.807, 2.05) is 26.0 Å². The lowest BCUT2D eigenvalue weighted by molar-refractivity contribution is -0.140. The molecule has 0 spiro atoms. The molecule has 2 aliphatic rings. The SMILES string of the molecule is COc1ccc(C2C(=C(O)c3ccc(OC(C)C)cc3)C(=O)C(=O)N2CCN2CCOCC2)cc1. The molecule has 35 heavy (non-hydrogen) atoms. The summed E-state index contributed by atoms with van der Waals surface area (Å²) < 4.78 is 16.4. The van der Waals surface area contributed by atoms with Gasteiger partial charge in [0.05, 0.1) is 38.0 Å². The molecule has 8 nitrogen and oxygen atoms in total. The van der Waals surface area contributed by atoms with Crippen LogP contribution in [0.5, 0.6) is 11.5 Å². The number of hydrogen-bond donors (Lipinski definition) is 1. The van der Waals surface area contributed by atoms with E-state index in [1.54, 1.807) is 48.4 Å². The zero-order valence-corrected chi connectivity index (χ0v) is 20.4. The maximum absolute atomic E-state index is 13.2. The Morgan fingerprint density at radius 2 is 1.63 bits per heavy atom. The summed E-state index contributed by atoms with van der Waals surface area (Å²) in [5.41, 5.74) is 1.26. The number of likely N-dealkylation sites (tertiary alicyclic amines) is 1. The second-order valence-corrected chi connectivity index (χ2v) is 8.91. The summed E-state index contributed by atoms with van der Waals surface area (Å²) in [7, 11) is 1.58. The number of ketones is 1. The Hall–Kier alpha value is -3.36. The minimum atomic E-state index is -0.700. The first kappa shape index (κ1) is 24.8. The summed E-state index contributed by atoms with van der Waals surface area (Å²) >= 11 is 0. The maximum atomic E-state index is 13.2. The van der Waals surface area contributed by atoms with Crippen molar-refractivity contribution in [3.63, 3.8) is 0 Å². The van der Waals surface area contributed by atoms with Crippen molar-refractivity contribution in [3.8, 4) is 11.5 Å². The predicted octanol–water partition coefficient (Wildman–Crippen LogP) is 3.24. The fraction of sp³-hybridized carbons (Fsp3) is 0.407. The van der Waals surface area contributed by atoms with E-state index in [2.05, 4.69) is 4.90 Å². The van der Waals surface area contributed by atoms with Gasteiger partial charge in [0, 0.05) is 31.7 Å². The molecule has 4 rings (SSSR count). The molecule has 2 fully saturated rings. The summed E-state index contributed by atoms with van der Waals surface area (Å²) in [6.07, 6.45) is 0.0151. The third-order valence-corrected chi connectivity index (χ3v) is 6.23.